The van der Waals surface area contributed by atoms with Crippen LogP contribution in [-0.2, 0) is 12.3 Å². The number of alkyl halides is 2. The Morgan fingerprint density at radius 1 is 1.38 bits per heavy atom. The second-order valence-electron chi connectivity index (χ2n) is 4.14. The van der Waals surface area contributed by atoms with Gasteiger partial charge in [0.1, 0.15) is 0 Å². The van der Waals surface area contributed by atoms with Crippen LogP contribution in [0.1, 0.15) is 31.4 Å². The van der Waals surface area contributed by atoms with Gasteiger partial charge in [-0.15, -0.1) is 0 Å². The van der Waals surface area contributed by atoms with E-state index in [2.05, 4.69) is 0 Å². The molecule has 86 valence electrons. The Morgan fingerprint density at radius 3 is 2.62 bits per heavy atom. The van der Waals surface area contributed by atoms with Crippen LogP contribution in [0.3, 0.4) is 0 Å². The molecule has 16 heavy (non-hydrogen) atoms. The minimum atomic E-state index is -2.80. The van der Waals surface area contributed by atoms with Crippen LogP contribution in [0.4, 0.5) is 8.78 Å². The molecule has 1 aromatic rings. The molecule has 0 atom stereocenters. The summed E-state index contributed by atoms with van der Waals surface area (Å²) in [5.41, 5.74) is 0.831. The lowest BCUT2D eigenvalue weighted by molar-refractivity contribution is -0.0514. The van der Waals surface area contributed by atoms with E-state index in [9.17, 15) is 8.78 Å². The number of benzene rings is 1. The summed E-state index contributed by atoms with van der Waals surface area (Å²) in [5, 5.41) is 8.45. The largest absolute Gasteiger partial charge is 0.275 e. The first-order chi connectivity index (χ1) is 7.48. The zero-order chi connectivity index (χ0) is 12.2. The molecular weight excluding hydrogens is 208 g/mol. The number of nitriles is 1. The zero-order valence-corrected chi connectivity index (χ0v) is 9.50. The molecule has 0 saturated heterocycles. The average Bonchev–Trinajstić information content (AvgIpc) is 2.26. The second-order valence-corrected chi connectivity index (χ2v) is 4.14. The van der Waals surface area contributed by atoms with Crippen molar-refractivity contribution >= 4 is 0 Å². The van der Waals surface area contributed by atoms with E-state index in [0.717, 1.165) is 5.56 Å². The summed E-state index contributed by atoms with van der Waals surface area (Å²) in [7, 11) is 0. The number of aryl methyl sites for hydroxylation is 1. The summed E-state index contributed by atoms with van der Waals surface area (Å²) in [6, 6.07) is 8.35. The Hall–Kier alpha value is -1.43. The van der Waals surface area contributed by atoms with E-state index in [1.54, 1.807) is 12.1 Å². The van der Waals surface area contributed by atoms with E-state index in [-0.39, 0.29) is 5.56 Å². The topological polar surface area (TPSA) is 23.8 Å². The second kappa shape index (κ2) is 5.07. The van der Waals surface area contributed by atoms with Crippen LogP contribution in [-0.4, -0.2) is 0 Å². The highest BCUT2D eigenvalue weighted by Gasteiger charge is 2.35. The van der Waals surface area contributed by atoms with E-state index < -0.39 is 11.8 Å². The van der Waals surface area contributed by atoms with Gasteiger partial charge in [-0.25, -0.2) is 8.78 Å². The first kappa shape index (κ1) is 12.6. The summed E-state index contributed by atoms with van der Waals surface area (Å²) in [6.07, 6.45) is 0.884. The Balaban J connectivity index is 2.94. The van der Waals surface area contributed by atoms with Crippen molar-refractivity contribution in [3.8, 4) is 6.07 Å². The highest BCUT2D eigenvalue weighted by atomic mass is 19.3. The van der Waals surface area contributed by atoms with E-state index in [1.807, 2.05) is 6.07 Å². The lowest BCUT2D eigenvalue weighted by atomic mass is 9.95. The monoisotopic (exact) mass is 223 g/mol. The first-order valence-corrected chi connectivity index (χ1v) is 5.32. The molecule has 0 aliphatic rings. The maximum atomic E-state index is 13.7. The molecule has 0 N–H and O–H groups in total. The molecular formula is C13H15F2N. The normalized spacial score (nSPS) is 11.5. The first-order valence-electron chi connectivity index (χ1n) is 5.32. The number of halogens is 2. The van der Waals surface area contributed by atoms with Gasteiger partial charge in [-0.2, -0.15) is 5.26 Å². The van der Waals surface area contributed by atoms with Crippen molar-refractivity contribution in [3.63, 3.8) is 0 Å². The van der Waals surface area contributed by atoms with Gasteiger partial charge in [0, 0.05) is 17.9 Å². The van der Waals surface area contributed by atoms with Crippen LogP contribution in [0.25, 0.3) is 0 Å². The molecule has 0 radical (unpaired) electrons. The molecule has 0 fully saturated rings. The van der Waals surface area contributed by atoms with Gasteiger partial charge in [0.05, 0.1) is 6.07 Å². The Bertz CT molecular complexity index is 391. The standard InChI is InChI=1S/C13H15F2N/c1-10(2)13(14,15)12-7-3-5-11(9-12)6-4-8-16/h3,5,7,9-10H,4,6H2,1-2H3. The Morgan fingerprint density at radius 2 is 2.06 bits per heavy atom. The molecule has 1 aromatic carbocycles. The summed E-state index contributed by atoms with van der Waals surface area (Å²) < 4.78 is 27.4. The van der Waals surface area contributed by atoms with E-state index in [4.69, 9.17) is 5.26 Å². The number of hydrogen-bond donors (Lipinski definition) is 0. The number of hydrogen-bond acceptors (Lipinski definition) is 1. The van der Waals surface area contributed by atoms with Crippen LogP contribution in [0.15, 0.2) is 24.3 Å². The third-order valence-corrected chi connectivity index (χ3v) is 2.56. The summed E-state index contributed by atoms with van der Waals surface area (Å²) in [5.74, 6) is -3.53. The van der Waals surface area contributed by atoms with Gasteiger partial charge in [-0.3, -0.25) is 0 Å². The summed E-state index contributed by atoms with van der Waals surface area (Å²) in [4.78, 5) is 0. The van der Waals surface area contributed by atoms with Gasteiger partial charge in [0.15, 0.2) is 0 Å². The lowest BCUT2D eigenvalue weighted by Crippen LogP contribution is -2.20. The maximum absolute atomic E-state index is 13.7. The van der Waals surface area contributed by atoms with E-state index in [0.29, 0.717) is 12.8 Å². The third kappa shape index (κ3) is 2.79. The zero-order valence-electron chi connectivity index (χ0n) is 9.50. The average molecular weight is 223 g/mol. The van der Waals surface area contributed by atoms with Crippen molar-refractivity contribution in [1.82, 2.24) is 0 Å². The van der Waals surface area contributed by atoms with Gasteiger partial charge in [0.25, 0.3) is 5.92 Å². The molecule has 3 heteroatoms. The lowest BCUT2D eigenvalue weighted by Gasteiger charge is -2.21. The van der Waals surface area contributed by atoms with Crippen molar-refractivity contribution in [2.45, 2.75) is 32.6 Å². The molecule has 0 unspecified atom stereocenters. The molecule has 0 heterocycles. The molecule has 0 spiro atoms. The van der Waals surface area contributed by atoms with Crippen molar-refractivity contribution in [2.75, 3.05) is 0 Å². The van der Waals surface area contributed by atoms with Gasteiger partial charge in [-0.05, 0) is 18.1 Å². The minimum Gasteiger partial charge on any atom is -0.201 e. The SMILES string of the molecule is CC(C)C(F)(F)c1cccc(CCC#N)c1. The number of nitrogens with zero attached hydrogens (tertiary/aromatic N) is 1. The summed E-state index contributed by atoms with van der Waals surface area (Å²) >= 11 is 0. The van der Waals surface area contributed by atoms with Gasteiger partial charge >= 0.3 is 0 Å². The summed E-state index contributed by atoms with van der Waals surface area (Å²) in [6.45, 7) is 3.00. The predicted octanol–water partition coefficient (Wildman–Crippen LogP) is 3.89. The Kier molecular flexibility index (Phi) is 4.00. The fourth-order valence-electron chi connectivity index (χ4n) is 1.47. The van der Waals surface area contributed by atoms with Crippen LogP contribution in [0.5, 0.6) is 0 Å². The highest BCUT2D eigenvalue weighted by Crippen LogP contribution is 2.35. The van der Waals surface area contributed by atoms with Crippen molar-refractivity contribution in [2.24, 2.45) is 5.92 Å². The molecule has 0 saturated carbocycles. The molecule has 0 amide bonds. The van der Waals surface area contributed by atoms with Gasteiger partial charge in [0.2, 0.25) is 0 Å². The van der Waals surface area contributed by atoms with Crippen LogP contribution < -0.4 is 0 Å². The van der Waals surface area contributed by atoms with Crippen LogP contribution in [0, 0.1) is 17.2 Å². The smallest absolute Gasteiger partial charge is 0.201 e. The van der Waals surface area contributed by atoms with Crippen molar-refractivity contribution in [1.29, 1.82) is 5.26 Å². The van der Waals surface area contributed by atoms with E-state index >= 15 is 0 Å². The molecule has 0 aliphatic heterocycles. The third-order valence-electron chi connectivity index (χ3n) is 2.56. The van der Waals surface area contributed by atoms with Crippen LogP contribution >= 0.6 is 0 Å². The fraction of sp³-hybridized carbons (Fsp3) is 0.462. The Labute approximate surface area is 94.7 Å². The van der Waals surface area contributed by atoms with Crippen molar-refractivity contribution < 1.29 is 8.78 Å². The maximum Gasteiger partial charge on any atom is 0.275 e. The highest BCUT2D eigenvalue weighted by molar-refractivity contribution is 5.27. The van der Waals surface area contributed by atoms with Gasteiger partial charge in [-0.1, -0.05) is 32.0 Å². The minimum absolute atomic E-state index is 0.0398. The molecule has 0 bridgehead atoms. The van der Waals surface area contributed by atoms with E-state index in [1.165, 1.54) is 26.0 Å². The molecule has 0 aliphatic carbocycles. The molecule has 1 rings (SSSR count). The van der Waals surface area contributed by atoms with Gasteiger partial charge < -0.3 is 0 Å². The fourth-order valence-corrected chi connectivity index (χ4v) is 1.47. The molecule has 1 nitrogen and oxygen atoms in total. The number of rotatable bonds is 4. The quantitative estimate of drug-likeness (QED) is 0.759. The van der Waals surface area contributed by atoms with Crippen molar-refractivity contribution in [3.05, 3.63) is 35.4 Å². The predicted molar refractivity (Wildman–Crippen MR) is 59.1 cm³/mol. The van der Waals surface area contributed by atoms with Crippen LogP contribution in [0.2, 0.25) is 0 Å². The molecule has 0 aromatic heterocycles.